The molecule has 2 N–H and O–H groups in total. The Kier molecular flexibility index (Phi) is 6.67. The van der Waals surface area contributed by atoms with Gasteiger partial charge in [-0.2, -0.15) is 5.26 Å². The topological polar surface area (TPSA) is 88.1 Å². The lowest BCUT2D eigenvalue weighted by atomic mass is 9.81. The number of hydrogen-bond acceptors (Lipinski definition) is 6. The number of nitriles is 1. The molecule has 1 aliphatic heterocycles. The molecule has 2 heterocycles. The Labute approximate surface area is 246 Å². The number of anilines is 1. The number of ether oxygens (including phenoxy) is 1. The van der Waals surface area contributed by atoms with Gasteiger partial charge in [-0.05, 0) is 91.2 Å². The lowest BCUT2D eigenvalue weighted by Crippen LogP contribution is -2.41. The zero-order valence-electron chi connectivity index (χ0n) is 23.6. The van der Waals surface area contributed by atoms with E-state index in [9.17, 15) is 9.65 Å². The molecule has 42 heavy (non-hydrogen) atoms. The first-order valence-corrected chi connectivity index (χ1v) is 14.8. The molecular formula is C35H34FN5O. The molecule has 2 saturated carbocycles. The predicted molar refractivity (Wildman–Crippen MR) is 161 cm³/mol. The van der Waals surface area contributed by atoms with Crippen molar-refractivity contribution in [2.75, 3.05) is 18.0 Å². The van der Waals surface area contributed by atoms with Gasteiger partial charge in [-0.3, -0.25) is 0 Å². The lowest BCUT2D eigenvalue weighted by molar-refractivity contribution is 0.304. The second kappa shape index (κ2) is 10.5. The molecule has 212 valence electrons. The lowest BCUT2D eigenvalue weighted by Gasteiger charge is -2.29. The molecule has 2 atom stereocenters. The van der Waals surface area contributed by atoms with Crippen molar-refractivity contribution in [3.63, 3.8) is 0 Å². The number of aromatic nitrogens is 2. The van der Waals surface area contributed by atoms with Gasteiger partial charge in [-0.15, -0.1) is 0 Å². The molecule has 1 saturated heterocycles. The van der Waals surface area contributed by atoms with Crippen LogP contribution in [0.25, 0.3) is 11.1 Å². The van der Waals surface area contributed by atoms with Gasteiger partial charge in [0.15, 0.2) is 11.6 Å². The normalized spacial score (nSPS) is 23.3. The van der Waals surface area contributed by atoms with Crippen LogP contribution in [0.15, 0.2) is 79.3 Å². The van der Waals surface area contributed by atoms with E-state index in [2.05, 4.69) is 45.2 Å². The molecular weight excluding hydrogens is 525 g/mol. The van der Waals surface area contributed by atoms with E-state index in [-0.39, 0.29) is 22.7 Å². The summed E-state index contributed by atoms with van der Waals surface area (Å²) >= 11 is 0. The smallest absolute Gasteiger partial charge is 0.188 e. The van der Waals surface area contributed by atoms with Crippen LogP contribution in [0.3, 0.4) is 0 Å². The van der Waals surface area contributed by atoms with Crippen LogP contribution in [0.4, 0.5) is 10.2 Å². The highest BCUT2D eigenvalue weighted by molar-refractivity contribution is 5.75. The third-order valence-corrected chi connectivity index (χ3v) is 9.33. The monoisotopic (exact) mass is 559 g/mol. The van der Waals surface area contributed by atoms with Crippen LogP contribution in [0.2, 0.25) is 0 Å². The van der Waals surface area contributed by atoms with Gasteiger partial charge in [0, 0.05) is 24.2 Å². The third kappa shape index (κ3) is 5.12. The summed E-state index contributed by atoms with van der Waals surface area (Å²) in [6.07, 6.45) is 10.3. The summed E-state index contributed by atoms with van der Waals surface area (Å²) in [6, 6.07) is 23.1. The summed E-state index contributed by atoms with van der Waals surface area (Å²) < 4.78 is 20.8. The van der Waals surface area contributed by atoms with Crippen LogP contribution in [0, 0.1) is 22.6 Å². The molecule has 7 rings (SSSR count). The van der Waals surface area contributed by atoms with Crippen LogP contribution in [0.1, 0.15) is 61.1 Å². The minimum absolute atomic E-state index is 0.139. The standard InChI is InChI=1S/C35H34FN5O/c36-28-8-4-7-26(17-28)29-12-11-27(19-37)32(31(29)25-9-10-25)42-30-20-39-23-40-33(30)41-16-15-34(22-41)13-14-35(38,21-34)18-24-5-2-1-3-6-24/h1-8,11-12,17,20,23,25H,9-10,13-16,18,21-22,38H2. The second-order valence-electron chi connectivity index (χ2n) is 12.5. The van der Waals surface area contributed by atoms with Gasteiger partial charge in [0.25, 0.3) is 0 Å². The molecule has 0 amide bonds. The Bertz CT molecular complexity index is 1670. The molecule has 6 nitrogen and oxygen atoms in total. The summed E-state index contributed by atoms with van der Waals surface area (Å²) in [7, 11) is 0. The van der Waals surface area contributed by atoms with Gasteiger partial charge in [0.2, 0.25) is 0 Å². The fourth-order valence-corrected chi connectivity index (χ4v) is 7.27. The maximum absolute atomic E-state index is 14.2. The van der Waals surface area contributed by atoms with E-state index in [1.54, 1.807) is 24.7 Å². The molecule has 4 aromatic rings. The van der Waals surface area contributed by atoms with E-state index >= 15 is 0 Å². The van der Waals surface area contributed by atoms with E-state index < -0.39 is 0 Å². The second-order valence-corrected chi connectivity index (χ2v) is 12.5. The van der Waals surface area contributed by atoms with Crippen molar-refractivity contribution in [3.8, 4) is 28.7 Å². The van der Waals surface area contributed by atoms with Gasteiger partial charge < -0.3 is 15.4 Å². The summed E-state index contributed by atoms with van der Waals surface area (Å²) in [5.74, 6) is 1.76. The molecule has 1 aromatic heterocycles. The fourth-order valence-electron chi connectivity index (χ4n) is 7.27. The Balaban J connectivity index is 1.18. The van der Waals surface area contributed by atoms with Crippen molar-refractivity contribution in [1.29, 1.82) is 5.26 Å². The zero-order valence-corrected chi connectivity index (χ0v) is 23.6. The van der Waals surface area contributed by atoms with Crippen molar-refractivity contribution in [1.82, 2.24) is 9.97 Å². The fraction of sp³-hybridized carbons (Fsp3) is 0.343. The van der Waals surface area contributed by atoms with Crippen LogP contribution < -0.4 is 15.4 Å². The minimum atomic E-state index is -0.292. The van der Waals surface area contributed by atoms with E-state index in [0.29, 0.717) is 17.1 Å². The highest BCUT2D eigenvalue weighted by Crippen LogP contribution is 2.53. The number of nitrogens with two attached hydrogens (primary N) is 1. The van der Waals surface area contributed by atoms with Crippen molar-refractivity contribution < 1.29 is 9.13 Å². The largest absolute Gasteiger partial charge is 0.450 e. The average molecular weight is 560 g/mol. The summed E-state index contributed by atoms with van der Waals surface area (Å²) in [5, 5.41) is 10.1. The number of halogens is 1. The molecule has 1 spiro atoms. The SMILES string of the molecule is N#Cc1ccc(-c2cccc(F)c2)c(C2CC2)c1Oc1cncnc1N1CCC2(CCC(N)(Cc3ccccc3)C2)C1. The minimum Gasteiger partial charge on any atom is -0.450 e. The Morgan fingerprint density at radius 2 is 1.90 bits per heavy atom. The van der Waals surface area contributed by atoms with Gasteiger partial charge in [0.05, 0.1) is 11.8 Å². The Hall–Kier alpha value is -4.28. The predicted octanol–water partition coefficient (Wildman–Crippen LogP) is 7.14. The number of benzene rings is 3. The quantitative estimate of drug-likeness (QED) is 0.259. The first-order chi connectivity index (χ1) is 20.4. The van der Waals surface area contributed by atoms with Crippen LogP contribution in [-0.2, 0) is 6.42 Å². The van der Waals surface area contributed by atoms with Gasteiger partial charge in [-0.25, -0.2) is 14.4 Å². The van der Waals surface area contributed by atoms with Crippen molar-refractivity contribution >= 4 is 5.82 Å². The molecule has 3 aliphatic rings. The van der Waals surface area contributed by atoms with Crippen LogP contribution in [0.5, 0.6) is 11.5 Å². The molecule has 7 heteroatoms. The first-order valence-electron chi connectivity index (χ1n) is 14.8. The third-order valence-electron chi connectivity index (χ3n) is 9.33. The molecule has 3 aromatic carbocycles. The Morgan fingerprint density at radius 1 is 1.05 bits per heavy atom. The first kappa shape index (κ1) is 26.6. The molecule has 0 radical (unpaired) electrons. The van der Waals surface area contributed by atoms with Crippen molar-refractivity contribution in [2.24, 2.45) is 11.1 Å². The van der Waals surface area contributed by atoms with E-state index in [1.165, 1.54) is 17.7 Å². The van der Waals surface area contributed by atoms with Gasteiger partial charge >= 0.3 is 0 Å². The maximum Gasteiger partial charge on any atom is 0.188 e. The number of rotatable bonds is 7. The van der Waals surface area contributed by atoms with Gasteiger partial charge in [0.1, 0.15) is 24.0 Å². The average Bonchev–Trinajstić information content (AvgIpc) is 3.68. The van der Waals surface area contributed by atoms with Crippen molar-refractivity contribution in [2.45, 2.75) is 56.4 Å². The van der Waals surface area contributed by atoms with Gasteiger partial charge in [-0.1, -0.05) is 48.5 Å². The molecule has 2 aliphatic carbocycles. The number of nitrogens with zero attached hydrogens (tertiary/aromatic N) is 4. The highest BCUT2D eigenvalue weighted by atomic mass is 19.1. The molecule has 3 fully saturated rings. The van der Waals surface area contributed by atoms with Crippen LogP contribution >= 0.6 is 0 Å². The number of hydrogen-bond donors (Lipinski definition) is 1. The van der Waals surface area contributed by atoms with E-state index in [1.807, 2.05) is 18.2 Å². The summed E-state index contributed by atoms with van der Waals surface area (Å²) in [5.41, 5.74) is 11.3. The molecule has 2 unspecified atom stereocenters. The van der Waals surface area contributed by atoms with Crippen molar-refractivity contribution in [3.05, 3.63) is 102 Å². The Morgan fingerprint density at radius 3 is 2.69 bits per heavy atom. The van der Waals surface area contributed by atoms with E-state index in [0.717, 1.165) is 80.5 Å². The summed E-state index contributed by atoms with van der Waals surface area (Å²) in [6.45, 7) is 1.72. The summed E-state index contributed by atoms with van der Waals surface area (Å²) in [4.78, 5) is 11.3. The van der Waals surface area contributed by atoms with E-state index in [4.69, 9.17) is 10.5 Å². The molecule has 0 bridgehead atoms. The highest BCUT2D eigenvalue weighted by Gasteiger charge is 2.50. The zero-order chi connectivity index (χ0) is 28.7. The van der Waals surface area contributed by atoms with Crippen LogP contribution in [-0.4, -0.2) is 28.6 Å². The maximum atomic E-state index is 14.2.